The van der Waals surface area contributed by atoms with E-state index in [-0.39, 0.29) is 12.5 Å². The predicted molar refractivity (Wildman–Crippen MR) is 117 cm³/mol. The number of methoxy groups -OCH3 is 1. The number of carbonyl (C=O) groups is 1. The van der Waals surface area contributed by atoms with Gasteiger partial charge in [0.25, 0.3) is 5.91 Å². The minimum atomic E-state index is -0.930. The van der Waals surface area contributed by atoms with E-state index in [0.717, 1.165) is 13.1 Å². The van der Waals surface area contributed by atoms with E-state index >= 15 is 0 Å². The highest BCUT2D eigenvalue weighted by molar-refractivity contribution is 5.94. The molecule has 30 heavy (non-hydrogen) atoms. The highest BCUT2D eigenvalue weighted by Crippen LogP contribution is 2.12. The molecule has 1 amide bonds. The van der Waals surface area contributed by atoms with Crippen molar-refractivity contribution in [3.63, 3.8) is 0 Å². The Kier molecular flexibility index (Phi) is 9.85. The van der Waals surface area contributed by atoms with Crippen LogP contribution in [0, 0.1) is 0 Å². The Bertz CT molecular complexity index is 690. The summed E-state index contributed by atoms with van der Waals surface area (Å²) in [4.78, 5) is 18.9. The lowest BCUT2D eigenvalue weighted by Crippen LogP contribution is -2.48. The van der Waals surface area contributed by atoms with Gasteiger partial charge < -0.3 is 30.5 Å². The summed E-state index contributed by atoms with van der Waals surface area (Å²) in [6.07, 6.45) is 0. The average Bonchev–Trinajstić information content (AvgIpc) is 2.75. The van der Waals surface area contributed by atoms with E-state index in [1.807, 2.05) is 6.92 Å². The van der Waals surface area contributed by atoms with Crippen LogP contribution in [0.3, 0.4) is 0 Å². The van der Waals surface area contributed by atoms with E-state index in [9.17, 15) is 9.90 Å². The quantitative estimate of drug-likeness (QED) is 0.240. The molecule has 1 aromatic carbocycles. The summed E-state index contributed by atoms with van der Waals surface area (Å²) in [6, 6.07) is 7.02. The minimum absolute atomic E-state index is 0.161. The van der Waals surface area contributed by atoms with Crippen LogP contribution in [-0.4, -0.2) is 93.6 Å². The van der Waals surface area contributed by atoms with Crippen LogP contribution in [0.5, 0.6) is 5.75 Å². The number of hydrogen-bond donors (Lipinski definition) is 4. The fourth-order valence-corrected chi connectivity index (χ4v) is 3.11. The zero-order valence-electron chi connectivity index (χ0n) is 18.2. The molecule has 1 atom stereocenters. The molecule has 4 N–H and O–H groups in total. The van der Waals surface area contributed by atoms with Gasteiger partial charge in [0.1, 0.15) is 5.75 Å². The van der Waals surface area contributed by atoms with Gasteiger partial charge in [-0.1, -0.05) is 6.07 Å². The second-order valence-electron chi connectivity index (χ2n) is 7.50. The molecule has 1 fully saturated rings. The van der Waals surface area contributed by atoms with Crippen molar-refractivity contribution in [3.8, 4) is 5.75 Å². The van der Waals surface area contributed by atoms with Crippen LogP contribution in [0.1, 0.15) is 24.2 Å². The van der Waals surface area contributed by atoms with Gasteiger partial charge in [0, 0.05) is 44.8 Å². The lowest BCUT2D eigenvalue weighted by atomic mass is 10.1. The smallest absolute Gasteiger partial charge is 0.251 e. The van der Waals surface area contributed by atoms with Gasteiger partial charge in [-0.05, 0) is 32.0 Å². The summed E-state index contributed by atoms with van der Waals surface area (Å²) in [5, 5.41) is 19.9. The zero-order chi connectivity index (χ0) is 21.8. The second-order valence-corrected chi connectivity index (χ2v) is 7.50. The first-order valence-electron chi connectivity index (χ1n) is 10.4. The largest absolute Gasteiger partial charge is 0.497 e. The van der Waals surface area contributed by atoms with Crippen molar-refractivity contribution in [1.29, 1.82) is 0 Å². The summed E-state index contributed by atoms with van der Waals surface area (Å²) in [6.45, 7) is 9.29. The van der Waals surface area contributed by atoms with Crippen molar-refractivity contribution in [1.82, 2.24) is 20.9 Å². The molecule has 0 saturated carbocycles. The third-order valence-corrected chi connectivity index (χ3v) is 4.62. The first-order chi connectivity index (χ1) is 14.4. The van der Waals surface area contributed by atoms with Crippen LogP contribution in [-0.2, 0) is 4.74 Å². The molecule has 1 aromatic rings. The first kappa shape index (κ1) is 23.9. The lowest BCUT2D eigenvalue weighted by molar-refractivity contribution is -0.0180. The van der Waals surface area contributed by atoms with Gasteiger partial charge in [-0.15, -0.1) is 0 Å². The summed E-state index contributed by atoms with van der Waals surface area (Å²) in [5.74, 6) is 1.09. The molecular weight excluding hydrogens is 386 g/mol. The zero-order valence-corrected chi connectivity index (χ0v) is 18.2. The Labute approximate surface area is 178 Å². The third-order valence-electron chi connectivity index (χ3n) is 4.62. The summed E-state index contributed by atoms with van der Waals surface area (Å²) in [5.41, 5.74) is -0.380. The van der Waals surface area contributed by atoms with E-state index in [4.69, 9.17) is 9.47 Å². The van der Waals surface area contributed by atoms with Crippen molar-refractivity contribution in [3.05, 3.63) is 29.8 Å². The maximum absolute atomic E-state index is 12.2. The summed E-state index contributed by atoms with van der Waals surface area (Å²) in [7, 11) is 1.57. The highest BCUT2D eigenvalue weighted by atomic mass is 16.5. The topological polar surface area (TPSA) is 107 Å². The molecule has 1 saturated heterocycles. The molecule has 0 aromatic heterocycles. The lowest BCUT2D eigenvalue weighted by Gasteiger charge is -2.33. The molecule has 0 bridgehead atoms. The number of carbonyl (C=O) groups excluding carboxylic acids is 1. The Morgan fingerprint density at radius 1 is 1.27 bits per heavy atom. The molecule has 0 spiro atoms. The van der Waals surface area contributed by atoms with Crippen LogP contribution >= 0.6 is 0 Å². The van der Waals surface area contributed by atoms with Gasteiger partial charge in [0.15, 0.2) is 5.96 Å². The van der Waals surface area contributed by atoms with Crippen molar-refractivity contribution in [2.45, 2.75) is 19.4 Å². The predicted octanol–water partition coefficient (Wildman–Crippen LogP) is 0.0633. The van der Waals surface area contributed by atoms with Gasteiger partial charge >= 0.3 is 0 Å². The number of amides is 1. The molecule has 9 heteroatoms. The maximum atomic E-state index is 12.2. The van der Waals surface area contributed by atoms with Crippen LogP contribution in [0.4, 0.5) is 0 Å². The molecule has 1 unspecified atom stereocenters. The number of ether oxygens (including phenoxy) is 2. The standard InChI is InChI=1S/C21H35N5O4/c1-4-22-20(25-15-21(2,28)16-26-10-12-30-13-11-26)24-9-8-23-19(27)17-6-5-7-18(14-17)29-3/h5-7,14,28H,4,8-13,15-16H2,1-3H3,(H,23,27)(H2,22,24,25). The monoisotopic (exact) mass is 421 g/mol. The number of nitrogens with one attached hydrogen (secondary N) is 3. The molecule has 0 aliphatic carbocycles. The summed E-state index contributed by atoms with van der Waals surface area (Å²) >= 11 is 0. The van der Waals surface area contributed by atoms with Crippen molar-refractivity contribution >= 4 is 11.9 Å². The number of rotatable bonds is 10. The number of morpholine rings is 1. The average molecular weight is 422 g/mol. The van der Waals surface area contributed by atoms with Crippen LogP contribution < -0.4 is 20.7 Å². The number of β-amino-alcohol motifs (C(OH)–C–C–N with tert-alkyl or cyclic N) is 1. The van der Waals surface area contributed by atoms with E-state index in [0.29, 0.717) is 56.7 Å². The van der Waals surface area contributed by atoms with Crippen LogP contribution in [0.2, 0.25) is 0 Å². The van der Waals surface area contributed by atoms with E-state index in [1.165, 1.54) is 0 Å². The molecule has 168 valence electrons. The first-order valence-corrected chi connectivity index (χ1v) is 10.4. The number of benzene rings is 1. The normalized spacial score (nSPS) is 17.1. The fraction of sp³-hybridized carbons (Fsp3) is 0.619. The van der Waals surface area contributed by atoms with E-state index in [2.05, 4.69) is 25.8 Å². The Morgan fingerprint density at radius 2 is 2.00 bits per heavy atom. The number of hydrogen-bond acceptors (Lipinski definition) is 6. The number of aliphatic imine (C=N–C) groups is 1. The van der Waals surface area contributed by atoms with Gasteiger partial charge in [-0.3, -0.25) is 14.7 Å². The number of guanidine groups is 1. The maximum Gasteiger partial charge on any atom is 0.251 e. The fourth-order valence-electron chi connectivity index (χ4n) is 3.11. The van der Waals surface area contributed by atoms with Gasteiger partial charge in [-0.25, -0.2) is 0 Å². The van der Waals surface area contributed by atoms with E-state index in [1.54, 1.807) is 38.3 Å². The van der Waals surface area contributed by atoms with E-state index < -0.39 is 5.60 Å². The molecule has 1 heterocycles. The molecule has 2 rings (SSSR count). The van der Waals surface area contributed by atoms with Crippen LogP contribution in [0.25, 0.3) is 0 Å². The Morgan fingerprint density at radius 3 is 2.70 bits per heavy atom. The molecular formula is C21H35N5O4. The van der Waals surface area contributed by atoms with Crippen molar-refractivity contribution < 1.29 is 19.4 Å². The van der Waals surface area contributed by atoms with Gasteiger partial charge in [0.05, 0.1) is 32.5 Å². The molecule has 1 aliphatic rings. The highest BCUT2D eigenvalue weighted by Gasteiger charge is 2.25. The van der Waals surface area contributed by atoms with Gasteiger partial charge in [-0.2, -0.15) is 0 Å². The molecule has 9 nitrogen and oxygen atoms in total. The minimum Gasteiger partial charge on any atom is -0.497 e. The molecule has 1 aliphatic heterocycles. The van der Waals surface area contributed by atoms with Crippen molar-refractivity contribution in [2.24, 2.45) is 4.99 Å². The Hall–Kier alpha value is -2.36. The van der Waals surface area contributed by atoms with Crippen molar-refractivity contribution in [2.75, 3.05) is 66.1 Å². The number of aliphatic hydroxyl groups is 1. The SMILES string of the molecule is CCNC(=NCC(C)(O)CN1CCOCC1)NCCNC(=O)c1cccc(OC)c1. The van der Waals surface area contributed by atoms with Crippen LogP contribution in [0.15, 0.2) is 29.3 Å². The number of nitrogens with zero attached hydrogens (tertiary/aromatic N) is 2. The summed E-state index contributed by atoms with van der Waals surface area (Å²) < 4.78 is 10.5. The van der Waals surface area contributed by atoms with Gasteiger partial charge in [0.2, 0.25) is 0 Å². The third kappa shape index (κ3) is 8.56. The molecule has 0 radical (unpaired) electrons. The second kappa shape index (κ2) is 12.4. The Balaban J connectivity index is 1.77.